The van der Waals surface area contributed by atoms with Crippen molar-refractivity contribution in [3.63, 3.8) is 0 Å². The van der Waals surface area contributed by atoms with E-state index in [1.54, 1.807) is 13.2 Å². The lowest BCUT2D eigenvalue weighted by molar-refractivity contribution is 0.416. The minimum absolute atomic E-state index is 0.191. The van der Waals surface area contributed by atoms with Crippen LogP contribution in [0.4, 0.5) is 4.39 Å². The first kappa shape index (κ1) is 15.5. The Morgan fingerprint density at radius 1 is 1.14 bits per heavy atom. The Bertz CT molecular complexity index is 623. The van der Waals surface area contributed by atoms with Crippen LogP contribution in [-0.4, -0.2) is 13.2 Å². The number of ether oxygens (including phenoxy) is 1. The number of aryl methyl sites for hydroxylation is 1. The first-order valence-electron chi connectivity index (χ1n) is 7.18. The van der Waals surface area contributed by atoms with Gasteiger partial charge in [0, 0.05) is 23.7 Å². The van der Waals surface area contributed by atoms with E-state index in [9.17, 15) is 4.39 Å². The van der Waals surface area contributed by atoms with Gasteiger partial charge >= 0.3 is 0 Å². The highest BCUT2D eigenvalue weighted by Crippen LogP contribution is 2.31. The molecule has 2 aromatic rings. The highest BCUT2D eigenvalue weighted by molar-refractivity contribution is 5.71. The van der Waals surface area contributed by atoms with E-state index in [1.807, 2.05) is 51.1 Å². The standard InChI is InChI=1S/C18H22FNO/c1-12(2)20-11-15-7-6-14(10-17(15)19)16-9-13(3)5-8-18(16)21-4/h5-10,12,20H,11H2,1-4H3. The summed E-state index contributed by atoms with van der Waals surface area (Å²) in [6.07, 6.45) is 0. The molecule has 0 spiro atoms. The molecule has 0 fully saturated rings. The summed E-state index contributed by atoms with van der Waals surface area (Å²) < 4.78 is 19.6. The van der Waals surface area contributed by atoms with E-state index in [1.165, 1.54) is 0 Å². The molecule has 0 saturated carbocycles. The van der Waals surface area contributed by atoms with Crippen LogP contribution in [0.2, 0.25) is 0 Å². The van der Waals surface area contributed by atoms with Crippen LogP contribution in [-0.2, 0) is 6.54 Å². The molecule has 0 aliphatic rings. The minimum atomic E-state index is -0.191. The molecule has 21 heavy (non-hydrogen) atoms. The van der Waals surface area contributed by atoms with Gasteiger partial charge in [-0.25, -0.2) is 4.39 Å². The van der Waals surface area contributed by atoms with Crippen molar-refractivity contribution in [2.24, 2.45) is 0 Å². The highest BCUT2D eigenvalue weighted by atomic mass is 19.1. The van der Waals surface area contributed by atoms with Crippen molar-refractivity contribution >= 4 is 0 Å². The summed E-state index contributed by atoms with van der Waals surface area (Å²) in [5, 5.41) is 3.23. The maximum Gasteiger partial charge on any atom is 0.128 e. The smallest absolute Gasteiger partial charge is 0.128 e. The van der Waals surface area contributed by atoms with Gasteiger partial charge in [-0.2, -0.15) is 0 Å². The third-order valence-electron chi connectivity index (χ3n) is 3.42. The Labute approximate surface area is 126 Å². The second-order valence-corrected chi connectivity index (χ2v) is 5.55. The fourth-order valence-electron chi connectivity index (χ4n) is 2.22. The number of hydrogen-bond donors (Lipinski definition) is 1. The number of halogens is 1. The van der Waals surface area contributed by atoms with Gasteiger partial charge in [0.15, 0.2) is 0 Å². The predicted molar refractivity (Wildman–Crippen MR) is 85.1 cm³/mol. The molecule has 0 bridgehead atoms. The first-order chi connectivity index (χ1) is 10.0. The van der Waals surface area contributed by atoms with E-state index in [2.05, 4.69) is 5.32 Å². The number of nitrogens with one attached hydrogen (secondary N) is 1. The van der Waals surface area contributed by atoms with Crippen molar-refractivity contribution < 1.29 is 9.13 Å². The summed E-state index contributed by atoms with van der Waals surface area (Å²) in [5.41, 5.74) is 3.55. The van der Waals surface area contributed by atoms with Crippen molar-refractivity contribution in [1.29, 1.82) is 0 Å². The van der Waals surface area contributed by atoms with E-state index in [0.29, 0.717) is 18.2 Å². The molecule has 0 amide bonds. The number of methoxy groups -OCH3 is 1. The molecule has 112 valence electrons. The fourth-order valence-corrected chi connectivity index (χ4v) is 2.22. The molecule has 2 aromatic carbocycles. The highest BCUT2D eigenvalue weighted by Gasteiger charge is 2.10. The van der Waals surface area contributed by atoms with Crippen LogP contribution in [0.15, 0.2) is 36.4 Å². The fraction of sp³-hybridized carbons (Fsp3) is 0.333. The summed E-state index contributed by atoms with van der Waals surface area (Å²) in [4.78, 5) is 0. The van der Waals surface area contributed by atoms with Gasteiger partial charge in [-0.15, -0.1) is 0 Å². The number of rotatable bonds is 5. The maximum absolute atomic E-state index is 14.2. The van der Waals surface area contributed by atoms with E-state index in [4.69, 9.17) is 4.74 Å². The molecule has 1 N–H and O–H groups in total. The quantitative estimate of drug-likeness (QED) is 0.885. The summed E-state index contributed by atoms with van der Waals surface area (Å²) in [5.74, 6) is 0.567. The Morgan fingerprint density at radius 2 is 1.90 bits per heavy atom. The Hall–Kier alpha value is -1.87. The molecule has 0 aliphatic heterocycles. The molecule has 0 radical (unpaired) electrons. The summed E-state index contributed by atoms with van der Waals surface area (Å²) in [7, 11) is 1.63. The Balaban J connectivity index is 2.34. The van der Waals surface area contributed by atoms with Crippen LogP contribution >= 0.6 is 0 Å². The monoisotopic (exact) mass is 287 g/mol. The molecule has 3 heteroatoms. The minimum Gasteiger partial charge on any atom is -0.496 e. The Morgan fingerprint density at radius 3 is 2.52 bits per heavy atom. The van der Waals surface area contributed by atoms with E-state index >= 15 is 0 Å². The maximum atomic E-state index is 14.2. The molecule has 0 atom stereocenters. The second kappa shape index (κ2) is 6.72. The van der Waals surface area contributed by atoms with Crippen molar-refractivity contribution in [3.8, 4) is 16.9 Å². The number of hydrogen-bond acceptors (Lipinski definition) is 2. The third kappa shape index (κ3) is 3.82. The third-order valence-corrected chi connectivity index (χ3v) is 3.42. The largest absolute Gasteiger partial charge is 0.496 e. The molecule has 2 rings (SSSR count). The molecule has 0 heterocycles. The van der Waals surface area contributed by atoms with Gasteiger partial charge < -0.3 is 10.1 Å². The van der Waals surface area contributed by atoms with Gasteiger partial charge in [0.25, 0.3) is 0 Å². The van der Waals surface area contributed by atoms with Crippen molar-refractivity contribution in [1.82, 2.24) is 5.32 Å². The zero-order valence-corrected chi connectivity index (χ0v) is 13.0. The lowest BCUT2D eigenvalue weighted by atomic mass is 10.0. The van der Waals surface area contributed by atoms with Gasteiger partial charge in [0.2, 0.25) is 0 Å². The van der Waals surface area contributed by atoms with Crippen LogP contribution in [0.1, 0.15) is 25.0 Å². The molecule has 0 aliphatic carbocycles. The average molecular weight is 287 g/mol. The number of benzene rings is 2. The van der Waals surface area contributed by atoms with Crippen molar-refractivity contribution in [2.45, 2.75) is 33.4 Å². The predicted octanol–water partition coefficient (Wildman–Crippen LogP) is 4.31. The summed E-state index contributed by atoms with van der Waals surface area (Å²) in [6, 6.07) is 11.6. The van der Waals surface area contributed by atoms with Crippen molar-refractivity contribution in [3.05, 3.63) is 53.3 Å². The SMILES string of the molecule is COc1ccc(C)cc1-c1ccc(CNC(C)C)c(F)c1. The van der Waals surface area contributed by atoms with E-state index in [-0.39, 0.29) is 5.82 Å². The van der Waals surface area contributed by atoms with Crippen LogP contribution in [0.25, 0.3) is 11.1 Å². The average Bonchev–Trinajstić information content (AvgIpc) is 2.45. The molecule has 2 nitrogen and oxygen atoms in total. The second-order valence-electron chi connectivity index (χ2n) is 5.55. The molecule has 0 aromatic heterocycles. The molecule has 0 unspecified atom stereocenters. The van der Waals surface area contributed by atoms with Gasteiger partial charge in [0.05, 0.1) is 7.11 Å². The normalized spacial score (nSPS) is 11.0. The lowest BCUT2D eigenvalue weighted by Crippen LogP contribution is -2.22. The zero-order chi connectivity index (χ0) is 15.4. The van der Waals surface area contributed by atoms with Gasteiger partial charge in [-0.3, -0.25) is 0 Å². The van der Waals surface area contributed by atoms with Crippen LogP contribution in [0, 0.1) is 12.7 Å². The van der Waals surface area contributed by atoms with Gasteiger partial charge in [0.1, 0.15) is 11.6 Å². The van der Waals surface area contributed by atoms with E-state index in [0.717, 1.165) is 22.4 Å². The summed E-state index contributed by atoms with van der Waals surface area (Å²) >= 11 is 0. The zero-order valence-electron chi connectivity index (χ0n) is 13.0. The van der Waals surface area contributed by atoms with Gasteiger partial charge in [-0.1, -0.05) is 37.6 Å². The lowest BCUT2D eigenvalue weighted by Gasteiger charge is -2.12. The summed E-state index contributed by atoms with van der Waals surface area (Å²) in [6.45, 7) is 6.64. The van der Waals surface area contributed by atoms with E-state index < -0.39 is 0 Å². The van der Waals surface area contributed by atoms with Crippen molar-refractivity contribution in [2.75, 3.05) is 7.11 Å². The van der Waals surface area contributed by atoms with Crippen LogP contribution in [0.3, 0.4) is 0 Å². The molecular weight excluding hydrogens is 265 g/mol. The molecular formula is C18H22FNO. The topological polar surface area (TPSA) is 21.3 Å². The molecule has 0 saturated heterocycles. The van der Waals surface area contributed by atoms with Gasteiger partial charge in [-0.05, 0) is 30.7 Å². The van der Waals surface area contributed by atoms with Crippen LogP contribution in [0.5, 0.6) is 5.75 Å². The first-order valence-corrected chi connectivity index (χ1v) is 7.18. The van der Waals surface area contributed by atoms with Crippen LogP contribution < -0.4 is 10.1 Å². The Kier molecular flexibility index (Phi) is 4.97.